The zero-order valence-corrected chi connectivity index (χ0v) is 13.9. The summed E-state index contributed by atoms with van der Waals surface area (Å²) >= 11 is 0. The third-order valence-corrected chi connectivity index (χ3v) is 5.48. The third-order valence-electron chi connectivity index (χ3n) is 3.68. The summed E-state index contributed by atoms with van der Waals surface area (Å²) in [6.07, 6.45) is 0. The fourth-order valence-corrected chi connectivity index (χ4v) is 3.78. The second kappa shape index (κ2) is 5.66. The lowest BCUT2D eigenvalue weighted by Gasteiger charge is -2.21. The summed E-state index contributed by atoms with van der Waals surface area (Å²) in [5.74, 6) is 1.44. The highest BCUT2D eigenvalue weighted by atomic mass is 32.2. The van der Waals surface area contributed by atoms with E-state index in [0.717, 1.165) is 5.56 Å². The lowest BCUT2D eigenvalue weighted by Crippen LogP contribution is -2.27. The highest BCUT2D eigenvalue weighted by Gasteiger charge is 2.26. The molecule has 1 heterocycles. The van der Waals surface area contributed by atoms with Crippen molar-refractivity contribution in [2.24, 2.45) is 0 Å². The normalized spacial score (nSPS) is 13.0. The van der Waals surface area contributed by atoms with Gasteiger partial charge in [0, 0.05) is 13.1 Å². The third kappa shape index (κ3) is 2.68. The molecular weight excluding hydrogens is 318 g/mol. The Morgan fingerprint density at radius 1 is 1.09 bits per heavy atom. The van der Waals surface area contributed by atoms with Crippen molar-refractivity contribution in [3.63, 3.8) is 0 Å². The quantitative estimate of drug-likeness (QED) is 0.859. The van der Waals surface area contributed by atoms with Gasteiger partial charge in [-0.15, -0.1) is 0 Å². The summed E-state index contributed by atoms with van der Waals surface area (Å²) in [7, 11) is -0.819. The largest absolute Gasteiger partial charge is 0.495 e. The number of rotatable bonds is 4. The Morgan fingerprint density at radius 3 is 2.57 bits per heavy atom. The molecule has 0 N–H and O–H groups in total. The van der Waals surface area contributed by atoms with Crippen molar-refractivity contribution >= 4 is 15.7 Å². The average Bonchev–Trinajstić information content (AvgIpc) is 3.01. The van der Waals surface area contributed by atoms with E-state index in [2.05, 4.69) is 0 Å². The highest BCUT2D eigenvalue weighted by Crippen LogP contribution is 2.37. The Hall–Kier alpha value is -2.41. The first-order valence-electron chi connectivity index (χ1n) is 6.96. The van der Waals surface area contributed by atoms with Crippen LogP contribution in [0, 0.1) is 6.92 Å². The second-order valence-corrected chi connectivity index (χ2v) is 7.10. The van der Waals surface area contributed by atoms with E-state index in [0.29, 0.717) is 22.9 Å². The molecule has 1 aliphatic heterocycles. The molecule has 0 radical (unpaired) electrons. The summed E-state index contributed by atoms with van der Waals surface area (Å²) in [6.45, 7) is 1.97. The van der Waals surface area contributed by atoms with E-state index in [9.17, 15) is 8.42 Å². The average molecular weight is 335 g/mol. The molecular formula is C16H17NO5S. The molecule has 122 valence electrons. The lowest BCUT2D eigenvalue weighted by molar-refractivity contribution is 0.174. The smallest absolute Gasteiger partial charge is 0.267 e. The van der Waals surface area contributed by atoms with Crippen LogP contribution in [-0.4, -0.2) is 29.4 Å². The van der Waals surface area contributed by atoms with Crippen LogP contribution < -0.4 is 18.5 Å². The molecule has 0 bridgehead atoms. The van der Waals surface area contributed by atoms with E-state index in [1.807, 2.05) is 6.92 Å². The Kier molecular flexibility index (Phi) is 3.81. The van der Waals surface area contributed by atoms with Gasteiger partial charge >= 0.3 is 0 Å². The van der Waals surface area contributed by atoms with Crippen molar-refractivity contribution in [3.8, 4) is 17.2 Å². The van der Waals surface area contributed by atoms with Crippen molar-refractivity contribution in [1.82, 2.24) is 0 Å². The van der Waals surface area contributed by atoms with Gasteiger partial charge in [-0.3, -0.25) is 4.31 Å². The number of ether oxygens (including phenoxy) is 3. The van der Waals surface area contributed by atoms with Gasteiger partial charge in [0.2, 0.25) is 6.79 Å². The Balaban J connectivity index is 2.04. The molecule has 7 heteroatoms. The minimum absolute atomic E-state index is 0.125. The number of aryl methyl sites for hydroxylation is 1. The highest BCUT2D eigenvalue weighted by molar-refractivity contribution is 7.92. The fraction of sp³-hybridized carbons (Fsp3) is 0.250. The van der Waals surface area contributed by atoms with Gasteiger partial charge in [-0.1, -0.05) is 6.07 Å². The molecule has 3 rings (SSSR count). The van der Waals surface area contributed by atoms with Crippen LogP contribution in [0.5, 0.6) is 17.2 Å². The summed E-state index contributed by atoms with van der Waals surface area (Å²) in [5, 5.41) is 0. The van der Waals surface area contributed by atoms with E-state index in [1.54, 1.807) is 36.4 Å². The maximum Gasteiger partial charge on any atom is 0.267 e. The van der Waals surface area contributed by atoms with Gasteiger partial charge < -0.3 is 14.2 Å². The van der Waals surface area contributed by atoms with Gasteiger partial charge in [-0.2, -0.15) is 0 Å². The van der Waals surface area contributed by atoms with Gasteiger partial charge in [0.1, 0.15) is 10.6 Å². The van der Waals surface area contributed by atoms with Gasteiger partial charge in [-0.25, -0.2) is 8.42 Å². The number of anilines is 1. The van der Waals surface area contributed by atoms with Gasteiger partial charge in [0.05, 0.1) is 12.8 Å². The predicted molar refractivity (Wildman–Crippen MR) is 85.9 cm³/mol. The molecule has 0 unspecified atom stereocenters. The van der Waals surface area contributed by atoms with Crippen LogP contribution in [0.25, 0.3) is 0 Å². The number of hydrogen-bond acceptors (Lipinski definition) is 5. The number of methoxy groups -OCH3 is 1. The standard InChI is InChI=1S/C16H17NO5S/c1-11-4-6-14(20-3)16(8-11)23(18,19)17(2)12-5-7-13-15(9-12)22-10-21-13/h4-9H,10H2,1-3H3. The van der Waals surface area contributed by atoms with Crippen LogP contribution >= 0.6 is 0 Å². The van der Waals surface area contributed by atoms with E-state index in [-0.39, 0.29) is 11.7 Å². The van der Waals surface area contributed by atoms with E-state index in [1.165, 1.54) is 18.5 Å². The number of sulfonamides is 1. The zero-order chi connectivity index (χ0) is 16.6. The number of benzene rings is 2. The first kappa shape index (κ1) is 15.5. The van der Waals surface area contributed by atoms with E-state index < -0.39 is 10.0 Å². The monoisotopic (exact) mass is 335 g/mol. The van der Waals surface area contributed by atoms with E-state index in [4.69, 9.17) is 14.2 Å². The van der Waals surface area contributed by atoms with Crippen molar-refractivity contribution in [3.05, 3.63) is 42.0 Å². The maximum absolute atomic E-state index is 12.9. The summed E-state index contributed by atoms with van der Waals surface area (Å²) in [5.41, 5.74) is 1.32. The van der Waals surface area contributed by atoms with Gasteiger partial charge in [-0.05, 0) is 36.8 Å². The minimum atomic E-state index is -3.76. The summed E-state index contributed by atoms with van der Waals surface area (Å²) in [6, 6.07) is 10.1. The molecule has 6 nitrogen and oxygen atoms in total. The van der Waals surface area contributed by atoms with Crippen molar-refractivity contribution in [2.45, 2.75) is 11.8 Å². The molecule has 0 spiro atoms. The molecule has 0 saturated heterocycles. The Bertz CT molecular complexity index is 848. The Labute approximate surface area is 135 Å². The second-order valence-electron chi connectivity index (χ2n) is 5.16. The molecule has 0 aromatic heterocycles. The molecule has 1 aliphatic rings. The fourth-order valence-electron chi connectivity index (χ4n) is 2.35. The topological polar surface area (TPSA) is 65.1 Å². The van der Waals surface area contributed by atoms with Gasteiger partial charge in [0.15, 0.2) is 11.5 Å². The van der Waals surface area contributed by atoms with Crippen LogP contribution in [0.2, 0.25) is 0 Å². The molecule has 2 aromatic rings. The summed E-state index contributed by atoms with van der Waals surface area (Å²) < 4.78 is 42.8. The molecule has 0 atom stereocenters. The molecule has 2 aromatic carbocycles. The van der Waals surface area contributed by atoms with Crippen molar-refractivity contribution in [1.29, 1.82) is 0 Å². The van der Waals surface area contributed by atoms with Crippen molar-refractivity contribution in [2.75, 3.05) is 25.3 Å². The molecule has 23 heavy (non-hydrogen) atoms. The zero-order valence-electron chi connectivity index (χ0n) is 13.1. The van der Waals surface area contributed by atoms with Crippen LogP contribution in [0.3, 0.4) is 0 Å². The molecule has 0 aliphatic carbocycles. The van der Waals surface area contributed by atoms with Crippen LogP contribution in [0.1, 0.15) is 5.56 Å². The predicted octanol–water partition coefficient (Wildman–Crippen LogP) is 2.56. The molecule has 0 fully saturated rings. The summed E-state index contributed by atoms with van der Waals surface area (Å²) in [4.78, 5) is 0.125. The molecule has 0 amide bonds. The van der Waals surface area contributed by atoms with Crippen LogP contribution in [0.4, 0.5) is 5.69 Å². The lowest BCUT2D eigenvalue weighted by atomic mass is 10.2. The van der Waals surface area contributed by atoms with Gasteiger partial charge in [0.25, 0.3) is 10.0 Å². The van der Waals surface area contributed by atoms with Crippen molar-refractivity contribution < 1.29 is 22.6 Å². The number of fused-ring (bicyclic) bond motifs is 1. The number of nitrogens with zero attached hydrogens (tertiary/aromatic N) is 1. The molecule has 0 saturated carbocycles. The minimum Gasteiger partial charge on any atom is -0.495 e. The van der Waals surface area contributed by atoms with Crippen LogP contribution in [-0.2, 0) is 10.0 Å². The maximum atomic E-state index is 12.9. The van der Waals surface area contributed by atoms with E-state index >= 15 is 0 Å². The number of hydrogen-bond donors (Lipinski definition) is 0. The van der Waals surface area contributed by atoms with Crippen LogP contribution in [0.15, 0.2) is 41.3 Å². The Morgan fingerprint density at radius 2 is 1.83 bits per heavy atom. The first-order valence-corrected chi connectivity index (χ1v) is 8.40. The first-order chi connectivity index (χ1) is 10.9. The SMILES string of the molecule is COc1ccc(C)cc1S(=O)(=O)N(C)c1ccc2c(c1)OCO2.